The lowest BCUT2D eigenvalue weighted by molar-refractivity contribution is 0.0767. The molecule has 14 heavy (non-hydrogen) atoms. The molecule has 76 valence electrons. The second-order valence-electron chi connectivity index (χ2n) is 3.37. The van der Waals surface area contributed by atoms with Crippen LogP contribution in [0.15, 0.2) is 18.6 Å². The second-order valence-corrected chi connectivity index (χ2v) is 3.37. The summed E-state index contributed by atoms with van der Waals surface area (Å²) in [6.07, 6.45) is 4.10. The highest BCUT2D eigenvalue weighted by atomic mass is 16.5. The Balaban J connectivity index is 1.96. The molecule has 2 unspecified atom stereocenters. The molecule has 1 aliphatic heterocycles. The van der Waals surface area contributed by atoms with Crippen molar-refractivity contribution in [1.82, 2.24) is 9.97 Å². The molecule has 2 rings (SSSR count). The summed E-state index contributed by atoms with van der Waals surface area (Å²) in [7, 11) is 0. The minimum Gasteiger partial charge on any atom is -0.379 e. The SMILES string of the molecule is NC1CCOCC1Nc1ccncn1. The summed E-state index contributed by atoms with van der Waals surface area (Å²) in [5, 5.41) is 3.23. The van der Waals surface area contributed by atoms with Crippen LogP contribution >= 0.6 is 0 Å². The number of rotatable bonds is 2. The van der Waals surface area contributed by atoms with Gasteiger partial charge in [-0.3, -0.25) is 0 Å². The van der Waals surface area contributed by atoms with Gasteiger partial charge in [0.05, 0.1) is 12.6 Å². The molecule has 0 saturated carbocycles. The molecule has 0 amide bonds. The first kappa shape index (κ1) is 9.36. The van der Waals surface area contributed by atoms with Gasteiger partial charge in [0.2, 0.25) is 0 Å². The van der Waals surface area contributed by atoms with E-state index in [0.29, 0.717) is 6.61 Å². The van der Waals surface area contributed by atoms with Crippen molar-refractivity contribution in [2.45, 2.75) is 18.5 Å². The van der Waals surface area contributed by atoms with Crippen LogP contribution < -0.4 is 11.1 Å². The van der Waals surface area contributed by atoms with Gasteiger partial charge in [-0.05, 0) is 12.5 Å². The van der Waals surface area contributed by atoms with Crippen LogP contribution in [0.1, 0.15) is 6.42 Å². The van der Waals surface area contributed by atoms with Crippen molar-refractivity contribution in [3.8, 4) is 0 Å². The summed E-state index contributed by atoms with van der Waals surface area (Å²) in [6.45, 7) is 1.40. The van der Waals surface area contributed by atoms with Gasteiger partial charge in [0.25, 0.3) is 0 Å². The van der Waals surface area contributed by atoms with Crippen LogP contribution in [-0.2, 0) is 4.74 Å². The molecular formula is C9H14N4O. The van der Waals surface area contributed by atoms with Gasteiger partial charge in [0.1, 0.15) is 12.1 Å². The normalized spacial score (nSPS) is 27.2. The monoisotopic (exact) mass is 194 g/mol. The van der Waals surface area contributed by atoms with Crippen molar-refractivity contribution in [2.75, 3.05) is 18.5 Å². The lowest BCUT2D eigenvalue weighted by atomic mass is 10.1. The number of hydrogen-bond acceptors (Lipinski definition) is 5. The van der Waals surface area contributed by atoms with Crippen LogP contribution in [0.5, 0.6) is 0 Å². The molecule has 0 bridgehead atoms. The van der Waals surface area contributed by atoms with Crippen LogP contribution in [0.3, 0.4) is 0 Å². The largest absolute Gasteiger partial charge is 0.379 e. The van der Waals surface area contributed by atoms with Gasteiger partial charge >= 0.3 is 0 Å². The van der Waals surface area contributed by atoms with Crippen molar-refractivity contribution in [2.24, 2.45) is 5.73 Å². The van der Waals surface area contributed by atoms with Gasteiger partial charge in [-0.1, -0.05) is 0 Å². The van der Waals surface area contributed by atoms with E-state index in [-0.39, 0.29) is 12.1 Å². The third-order valence-electron chi connectivity index (χ3n) is 2.32. The number of nitrogens with zero attached hydrogens (tertiary/aromatic N) is 2. The fourth-order valence-electron chi connectivity index (χ4n) is 1.47. The molecule has 1 aliphatic rings. The number of aromatic nitrogens is 2. The number of ether oxygens (including phenoxy) is 1. The molecule has 0 spiro atoms. The minimum absolute atomic E-state index is 0.138. The molecule has 1 saturated heterocycles. The van der Waals surface area contributed by atoms with E-state index in [0.717, 1.165) is 18.8 Å². The molecule has 5 heteroatoms. The highest BCUT2D eigenvalue weighted by molar-refractivity contribution is 5.33. The molecule has 2 heterocycles. The molecule has 1 aromatic heterocycles. The van der Waals surface area contributed by atoms with Crippen LogP contribution in [0.25, 0.3) is 0 Å². The minimum atomic E-state index is 0.138. The van der Waals surface area contributed by atoms with Gasteiger partial charge in [0.15, 0.2) is 0 Å². The maximum atomic E-state index is 5.94. The zero-order chi connectivity index (χ0) is 9.80. The summed E-state index contributed by atoms with van der Waals surface area (Å²) in [5.74, 6) is 0.797. The van der Waals surface area contributed by atoms with E-state index >= 15 is 0 Å². The molecule has 0 aromatic carbocycles. The highest BCUT2D eigenvalue weighted by Gasteiger charge is 2.22. The van der Waals surface area contributed by atoms with Gasteiger partial charge in [-0.15, -0.1) is 0 Å². The third-order valence-corrected chi connectivity index (χ3v) is 2.32. The van der Waals surface area contributed by atoms with Crippen LogP contribution in [0.2, 0.25) is 0 Å². The molecule has 2 atom stereocenters. The molecular weight excluding hydrogens is 180 g/mol. The summed E-state index contributed by atoms with van der Waals surface area (Å²) in [4.78, 5) is 7.92. The van der Waals surface area contributed by atoms with E-state index in [4.69, 9.17) is 10.5 Å². The van der Waals surface area contributed by atoms with E-state index < -0.39 is 0 Å². The summed E-state index contributed by atoms with van der Waals surface area (Å²) in [6, 6.07) is 2.11. The molecule has 1 fully saturated rings. The molecule has 0 radical (unpaired) electrons. The van der Waals surface area contributed by atoms with Gasteiger partial charge in [0, 0.05) is 18.8 Å². The van der Waals surface area contributed by atoms with Gasteiger partial charge in [-0.2, -0.15) is 0 Å². The lowest BCUT2D eigenvalue weighted by Gasteiger charge is -2.29. The number of nitrogens with two attached hydrogens (primary N) is 1. The Kier molecular flexibility index (Phi) is 2.90. The Labute approximate surface area is 82.7 Å². The lowest BCUT2D eigenvalue weighted by Crippen LogP contribution is -2.47. The van der Waals surface area contributed by atoms with Crippen molar-refractivity contribution in [1.29, 1.82) is 0 Å². The van der Waals surface area contributed by atoms with E-state index in [9.17, 15) is 0 Å². The van der Waals surface area contributed by atoms with Crippen molar-refractivity contribution in [3.63, 3.8) is 0 Å². The average molecular weight is 194 g/mol. The Morgan fingerprint density at radius 2 is 2.50 bits per heavy atom. The Morgan fingerprint density at radius 3 is 3.21 bits per heavy atom. The first-order valence-corrected chi connectivity index (χ1v) is 4.72. The molecule has 0 aliphatic carbocycles. The Morgan fingerprint density at radius 1 is 1.57 bits per heavy atom. The first-order valence-electron chi connectivity index (χ1n) is 4.72. The number of nitrogens with one attached hydrogen (secondary N) is 1. The van der Waals surface area contributed by atoms with Crippen molar-refractivity contribution >= 4 is 5.82 Å². The summed E-state index contributed by atoms with van der Waals surface area (Å²) >= 11 is 0. The molecule has 5 nitrogen and oxygen atoms in total. The standard InChI is InChI=1S/C9H14N4O/c10-7-2-4-14-5-8(7)13-9-1-3-11-6-12-9/h1,3,6-8H,2,4-5,10H2,(H,11,12,13). The summed E-state index contributed by atoms with van der Waals surface area (Å²) in [5.41, 5.74) is 5.94. The van der Waals surface area contributed by atoms with Gasteiger partial charge in [-0.25, -0.2) is 9.97 Å². The fourth-order valence-corrected chi connectivity index (χ4v) is 1.47. The van der Waals surface area contributed by atoms with E-state index in [1.165, 1.54) is 6.33 Å². The predicted octanol–water partition coefficient (Wildman–Crippen LogP) is 0.00470. The smallest absolute Gasteiger partial charge is 0.129 e. The zero-order valence-corrected chi connectivity index (χ0v) is 7.89. The van der Waals surface area contributed by atoms with Crippen LogP contribution in [0.4, 0.5) is 5.82 Å². The maximum absolute atomic E-state index is 5.94. The Bertz CT molecular complexity index is 279. The Hall–Kier alpha value is -1.20. The van der Waals surface area contributed by atoms with Crippen LogP contribution in [-0.4, -0.2) is 35.3 Å². The topological polar surface area (TPSA) is 73.1 Å². The molecule has 1 aromatic rings. The maximum Gasteiger partial charge on any atom is 0.129 e. The summed E-state index contributed by atoms with van der Waals surface area (Å²) < 4.78 is 5.34. The zero-order valence-electron chi connectivity index (χ0n) is 7.89. The quantitative estimate of drug-likeness (QED) is 0.693. The van der Waals surface area contributed by atoms with E-state index in [1.807, 2.05) is 6.07 Å². The third kappa shape index (κ3) is 2.18. The highest BCUT2D eigenvalue weighted by Crippen LogP contribution is 2.10. The number of hydrogen-bond donors (Lipinski definition) is 2. The average Bonchev–Trinajstić information content (AvgIpc) is 2.23. The van der Waals surface area contributed by atoms with Gasteiger partial charge < -0.3 is 15.8 Å². The van der Waals surface area contributed by atoms with E-state index in [2.05, 4.69) is 15.3 Å². The molecule has 3 N–H and O–H groups in total. The van der Waals surface area contributed by atoms with Crippen molar-refractivity contribution in [3.05, 3.63) is 18.6 Å². The predicted molar refractivity (Wildman–Crippen MR) is 52.9 cm³/mol. The second kappa shape index (κ2) is 4.34. The van der Waals surface area contributed by atoms with E-state index in [1.54, 1.807) is 6.20 Å². The number of anilines is 1. The van der Waals surface area contributed by atoms with Crippen LogP contribution in [0, 0.1) is 0 Å². The van der Waals surface area contributed by atoms with Crippen molar-refractivity contribution < 1.29 is 4.74 Å². The fraction of sp³-hybridized carbons (Fsp3) is 0.556. The first-order chi connectivity index (χ1) is 6.86.